The number of benzene rings is 2. The highest BCUT2D eigenvalue weighted by Crippen LogP contribution is 2.34. The van der Waals surface area contributed by atoms with E-state index >= 15 is 0 Å². The minimum absolute atomic E-state index is 0.109. The number of hydrogen-bond acceptors (Lipinski definition) is 7. The van der Waals surface area contributed by atoms with Gasteiger partial charge >= 0.3 is 0 Å². The zero-order valence-corrected chi connectivity index (χ0v) is 21.6. The van der Waals surface area contributed by atoms with E-state index in [1.54, 1.807) is 7.11 Å². The van der Waals surface area contributed by atoms with E-state index in [2.05, 4.69) is 20.6 Å². The molecule has 1 atom stereocenters. The molecule has 1 unspecified atom stereocenters. The number of carbonyl (C=O) groups is 3. The number of nitrogens with one attached hydrogen (secondary N) is 2. The number of para-hydroxylation sites is 1. The van der Waals surface area contributed by atoms with E-state index < -0.39 is 6.04 Å². The van der Waals surface area contributed by atoms with Gasteiger partial charge in [-0.05, 0) is 37.0 Å². The third-order valence-electron chi connectivity index (χ3n) is 5.95. The van der Waals surface area contributed by atoms with Gasteiger partial charge in [0.15, 0.2) is 5.17 Å². The summed E-state index contributed by atoms with van der Waals surface area (Å²) in [6, 6.07) is 16.8. The molecule has 2 aromatic rings. The molecule has 0 aliphatic carbocycles. The largest absolute Gasteiger partial charge is 0.385 e. The van der Waals surface area contributed by atoms with Crippen LogP contribution in [-0.4, -0.2) is 72.2 Å². The molecule has 0 aromatic heterocycles. The average molecular weight is 522 g/mol. The molecule has 10 heteroatoms. The zero-order chi connectivity index (χ0) is 26.0. The molecular formula is C27H31N5O4S. The minimum Gasteiger partial charge on any atom is -0.385 e. The monoisotopic (exact) mass is 521 g/mol. The molecule has 2 aliphatic heterocycles. The molecule has 0 saturated carbocycles. The quantitative estimate of drug-likeness (QED) is 0.417. The summed E-state index contributed by atoms with van der Waals surface area (Å²) in [5.74, 6) is 0.167. The lowest BCUT2D eigenvalue weighted by molar-refractivity contribution is -0.125. The Labute approximate surface area is 220 Å². The lowest BCUT2D eigenvalue weighted by Crippen LogP contribution is -2.42. The van der Waals surface area contributed by atoms with Gasteiger partial charge in [0, 0.05) is 38.8 Å². The van der Waals surface area contributed by atoms with Gasteiger partial charge in [0.1, 0.15) is 11.9 Å². The Balaban J connectivity index is 1.35. The molecule has 0 spiro atoms. The molecule has 4 rings (SSSR count). The summed E-state index contributed by atoms with van der Waals surface area (Å²) in [6.07, 6.45) is 1.97. The maximum atomic E-state index is 13.3. The second-order valence-corrected chi connectivity index (χ2v) is 9.61. The lowest BCUT2D eigenvalue weighted by atomic mass is 10.1. The third-order valence-corrected chi connectivity index (χ3v) is 6.89. The molecule has 2 N–H and O–H groups in total. The summed E-state index contributed by atoms with van der Waals surface area (Å²) < 4.78 is 5.00. The summed E-state index contributed by atoms with van der Waals surface area (Å²) in [4.78, 5) is 48.8. The van der Waals surface area contributed by atoms with E-state index in [1.807, 2.05) is 54.6 Å². The summed E-state index contributed by atoms with van der Waals surface area (Å²) >= 11 is 1.20. The van der Waals surface area contributed by atoms with Crippen LogP contribution in [0.15, 0.2) is 64.6 Å². The van der Waals surface area contributed by atoms with Crippen LogP contribution in [0.5, 0.6) is 0 Å². The normalized spacial score (nSPS) is 16.0. The summed E-state index contributed by atoms with van der Waals surface area (Å²) in [5.41, 5.74) is 2.62. The fraction of sp³-hybridized carbons (Fsp3) is 0.370. The van der Waals surface area contributed by atoms with Gasteiger partial charge in [-0.3, -0.25) is 19.4 Å². The lowest BCUT2D eigenvalue weighted by Gasteiger charge is -2.25. The van der Waals surface area contributed by atoms with Crippen molar-refractivity contribution in [2.75, 3.05) is 32.6 Å². The first-order chi connectivity index (χ1) is 18.1. The molecular weight excluding hydrogens is 490 g/mol. The molecule has 0 fully saturated rings. The highest BCUT2D eigenvalue weighted by atomic mass is 32.2. The molecule has 37 heavy (non-hydrogen) atoms. The predicted octanol–water partition coefficient (Wildman–Crippen LogP) is 2.67. The second-order valence-electron chi connectivity index (χ2n) is 8.66. The van der Waals surface area contributed by atoms with E-state index in [0.717, 1.165) is 24.0 Å². The number of nitrogens with zero attached hydrogens (tertiary/aromatic N) is 3. The van der Waals surface area contributed by atoms with Crippen LogP contribution >= 0.6 is 11.8 Å². The molecule has 2 heterocycles. The summed E-state index contributed by atoms with van der Waals surface area (Å²) in [6.45, 7) is 1.63. The van der Waals surface area contributed by atoms with Crippen LogP contribution in [0.3, 0.4) is 0 Å². The highest BCUT2D eigenvalue weighted by Gasteiger charge is 2.41. The van der Waals surface area contributed by atoms with Gasteiger partial charge in [0.25, 0.3) is 5.91 Å². The number of rotatable bonds is 12. The van der Waals surface area contributed by atoms with E-state index in [9.17, 15) is 14.4 Å². The van der Waals surface area contributed by atoms with Crippen molar-refractivity contribution in [1.82, 2.24) is 15.5 Å². The molecule has 0 radical (unpaired) electrons. The number of aliphatic imine (C=N–C) groups is 2. The number of methoxy groups -OCH3 is 1. The Kier molecular flexibility index (Phi) is 9.45. The van der Waals surface area contributed by atoms with Crippen molar-refractivity contribution in [3.63, 3.8) is 0 Å². The van der Waals surface area contributed by atoms with Crippen molar-refractivity contribution >= 4 is 46.2 Å². The highest BCUT2D eigenvalue weighted by molar-refractivity contribution is 8.14. The fourth-order valence-electron chi connectivity index (χ4n) is 4.06. The van der Waals surface area contributed by atoms with Gasteiger partial charge in [-0.25, -0.2) is 9.89 Å². The molecule has 2 aliphatic rings. The predicted molar refractivity (Wildman–Crippen MR) is 145 cm³/mol. The van der Waals surface area contributed by atoms with Crippen molar-refractivity contribution in [2.24, 2.45) is 9.98 Å². The van der Waals surface area contributed by atoms with E-state index in [0.29, 0.717) is 42.8 Å². The first-order valence-corrected chi connectivity index (χ1v) is 13.3. The van der Waals surface area contributed by atoms with Gasteiger partial charge in [0.05, 0.1) is 11.4 Å². The smallest absolute Gasteiger partial charge is 0.259 e. The van der Waals surface area contributed by atoms with E-state index in [4.69, 9.17) is 4.74 Å². The minimum atomic E-state index is -0.672. The molecule has 194 valence electrons. The first-order valence-electron chi connectivity index (χ1n) is 12.4. The summed E-state index contributed by atoms with van der Waals surface area (Å²) in [5, 5.41) is 6.19. The van der Waals surface area contributed by atoms with E-state index in [1.165, 1.54) is 16.7 Å². The first kappa shape index (κ1) is 26.6. The number of amides is 3. The molecule has 0 saturated heterocycles. The Morgan fingerprint density at radius 3 is 2.59 bits per heavy atom. The number of amidine groups is 2. The van der Waals surface area contributed by atoms with Crippen LogP contribution in [0, 0.1) is 0 Å². The molecule has 0 bridgehead atoms. The van der Waals surface area contributed by atoms with Crippen molar-refractivity contribution in [3.8, 4) is 0 Å². The van der Waals surface area contributed by atoms with E-state index in [-0.39, 0.29) is 29.9 Å². The van der Waals surface area contributed by atoms with Crippen LogP contribution in [0.4, 0.5) is 5.69 Å². The molecule has 3 amide bonds. The fourth-order valence-corrected chi connectivity index (χ4v) is 4.89. The number of thioether (sulfide) groups is 1. The number of carbonyl (C=O) groups excluding carboxylic acids is 3. The van der Waals surface area contributed by atoms with Crippen LogP contribution in [0.1, 0.15) is 30.4 Å². The number of ether oxygens (including phenoxy) is 1. The van der Waals surface area contributed by atoms with Crippen LogP contribution in [0.25, 0.3) is 0 Å². The van der Waals surface area contributed by atoms with Crippen molar-refractivity contribution in [1.29, 1.82) is 0 Å². The van der Waals surface area contributed by atoms with Crippen LogP contribution < -0.4 is 10.6 Å². The van der Waals surface area contributed by atoms with Crippen LogP contribution in [-0.2, 0) is 25.5 Å². The topological polar surface area (TPSA) is 112 Å². The van der Waals surface area contributed by atoms with Crippen LogP contribution in [0.2, 0.25) is 0 Å². The van der Waals surface area contributed by atoms with Crippen molar-refractivity contribution in [3.05, 3.63) is 65.7 Å². The number of fused-ring (bicyclic) bond motifs is 3. The Morgan fingerprint density at radius 1 is 1.03 bits per heavy atom. The Hall–Kier alpha value is -3.50. The Morgan fingerprint density at radius 2 is 1.78 bits per heavy atom. The average Bonchev–Trinajstić information content (AvgIpc) is 3.25. The summed E-state index contributed by atoms with van der Waals surface area (Å²) in [7, 11) is 1.62. The SMILES string of the molecule is COCCCNC(=O)CSC1=Nc2ccccc2C2=NC(CCC(=O)NCCc3ccccc3)C(=O)N12. The molecule has 2 aromatic carbocycles. The maximum Gasteiger partial charge on any atom is 0.259 e. The second kappa shape index (κ2) is 13.2. The van der Waals surface area contributed by atoms with Crippen molar-refractivity contribution < 1.29 is 19.1 Å². The van der Waals surface area contributed by atoms with Crippen molar-refractivity contribution in [2.45, 2.75) is 31.7 Å². The molecule has 9 nitrogen and oxygen atoms in total. The third kappa shape index (κ3) is 7.05. The zero-order valence-electron chi connectivity index (χ0n) is 20.8. The Bertz CT molecular complexity index is 1180. The van der Waals surface area contributed by atoms with Gasteiger partial charge in [0.2, 0.25) is 11.8 Å². The standard InChI is InChI=1S/C27H31N5O4S/c1-36-17-7-15-28-24(34)18-37-27-31-21-11-6-5-10-20(21)25-30-22(26(35)32(25)27)12-13-23(33)29-16-14-19-8-3-2-4-9-19/h2-6,8-11,22H,7,12-18H2,1H3,(H,28,34)(H,29,33). The van der Waals surface area contributed by atoms with Gasteiger partial charge < -0.3 is 15.4 Å². The van der Waals surface area contributed by atoms with Gasteiger partial charge in [-0.15, -0.1) is 0 Å². The maximum absolute atomic E-state index is 13.3. The van der Waals surface area contributed by atoms with Gasteiger partial charge in [-0.1, -0.05) is 54.2 Å². The van der Waals surface area contributed by atoms with Gasteiger partial charge in [-0.2, -0.15) is 0 Å². The number of hydrogen-bond donors (Lipinski definition) is 2.